The molecule has 256 valence electrons. The van der Waals surface area contributed by atoms with Gasteiger partial charge in [-0.1, -0.05) is 27.5 Å². The van der Waals surface area contributed by atoms with Crippen LogP contribution in [0, 0.1) is 0 Å². The second-order valence-electron chi connectivity index (χ2n) is 7.57. The van der Waals surface area contributed by atoms with Gasteiger partial charge < -0.3 is 62.3 Å². The van der Waals surface area contributed by atoms with Gasteiger partial charge >= 0.3 is 0 Å². The van der Waals surface area contributed by atoms with Gasteiger partial charge in [-0.2, -0.15) is 0 Å². The first-order chi connectivity index (χ1) is 20.0. The van der Waals surface area contributed by atoms with Crippen LogP contribution in [-0.4, -0.2) is 142 Å². The molecule has 2 N–H and O–H groups in total. The first kappa shape index (κ1) is 47.6. The van der Waals surface area contributed by atoms with Gasteiger partial charge in [0, 0.05) is 13.7 Å². The van der Waals surface area contributed by atoms with E-state index in [1.165, 1.54) is 12.5 Å². The number of hydrogen-bond acceptors (Lipinski definition) is 13. The van der Waals surface area contributed by atoms with Gasteiger partial charge in [0.1, 0.15) is 13.2 Å². The Morgan fingerprint density at radius 3 is 1.14 bits per heavy atom. The zero-order chi connectivity index (χ0) is 31.1. The number of hydrogen-bond donors (Lipinski definition) is 2. The third kappa shape index (κ3) is 51.4. The maximum Gasteiger partial charge on any atom is 0.155 e. The molecule has 0 bridgehead atoms. The number of rotatable bonds is 30. The fourth-order valence-electron chi connectivity index (χ4n) is 2.21. The molecule has 0 aliphatic heterocycles. The lowest BCUT2D eigenvalue weighted by atomic mass is 10.5. The minimum atomic E-state index is -0.250. The molecule has 0 aliphatic rings. The molecule has 2 atom stereocenters. The Labute approximate surface area is 254 Å². The molecule has 2 unspecified atom stereocenters. The Bertz CT molecular complexity index is 455. The summed E-state index contributed by atoms with van der Waals surface area (Å²) in [4.78, 5) is 0. The van der Waals surface area contributed by atoms with Crippen molar-refractivity contribution in [1.82, 2.24) is 0 Å². The second-order valence-corrected chi connectivity index (χ2v) is 7.57. The van der Waals surface area contributed by atoms with E-state index in [1.807, 2.05) is 13.8 Å². The summed E-state index contributed by atoms with van der Waals surface area (Å²) in [5.41, 5.74) is 0. The quantitative estimate of drug-likeness (QED) is 0.0693. The summed E-state index contributed by atoms with van der Waals surface area (Å²) < 4.78 is 57.3. The molecule has 0 aromatic rings. The van der Waals surface area contributed by atoms with E-state index in [0.29, 0.717) is 92.5 Å². The zero-order valence-electron chi connectivity index (χ0n) is 25.8. The molecular weight excluding hydrogens is 556 g/mol. The average molecular weight is 619 g/mol. The van der Waals surface area contributed by atoms with Crippen LogP contribution in [0.15, 0.2) is 25.7 Å². The molecule has 13 heteroatoms. The Kier molecular flexibility index (Phi) is 52.8. The fourth-order valence-corrected chi connectivity index (χ4v) is 2.21. The van der Waals surface area contributed by atoms with Gasteiger partial charge in [-0.05, 0) is 20.3 Å². The molecule has 0 aromatic heterocycles. The van der Waals surface area contributed by atoms with Crippen molar-refractivity contribution in [2.45, 2.75) is 47.2 Å². The Hall–Kier alpha value is -1.36. The molecule has 0 saturated heterocycles. The molecule has 0 rings (SSSR count). The molecule has 0 radical (unpaired) electrons. The maximum atomic E-state index is 7.62. The molecule has 0 aromatic carbocycles. The number of ether oxygens (including phenoxy) is 11. The van der Waals surface area contributed by atoms with Gasteiger partial charge in [0.25, 0.3) is 0 Å². The van der Waals surface area contributed by atoms with E-state index >= 15 is 0 Å². The lowest BCUT2D eigenvalue weighted by molar-refractivity contribution is -0.148. The summed E-state index contributed by atoms with van der Waals surface area (Å²) in [7, 11) is 1.60. The van der Waals surface area contributed by atoms with E-state index in [1.54, 1.807) is 7.11 Å². The van der Waals surface area contributed by atoms with Crippen LogP contribution in [0.5, 0.6) is 0 Å². The third-order valence-electron chi connectivity index (χ3n) is 4.19. The first-order valence-electron chi connectivity index (χ1n) is 14.0. The highest BCUT2D eigenvalue weighted by molar-refractivity contribution is 4.48. The zero-order valence-corrected chi connectivity index (χ0v) is 25.8. The van der Waals surface area contributed by atoms with E-state index < -0.39 is 0 Å². The number of aliphatic hydroxyl groups is 2. The normalized spacial score (nSPS) is 11.6. The van der Waals surface area contributed by atoms with Gasteiger partial charge in [-0.3, -0.25) is 0 Å². The van der Waals surface area contributed by atoms with Crippen LogP contribution in [-0.2, 0) is 52.1 Å². The van der Waals surface area contributed by atoms with Gasteiger partial charge in [-0.25, -0.2) is 0 Å². The predicted molar refractivity (Wildman–Crippen MR) is 161 cm³/mol. The molecule has 0 spiro atoms. The standard InChI is InChI=1S/C16H34O7.C10H18O4.C2H6O2.CH4/c1-5-6-18-9-13-22-16(3)23-14-11-20-8-7-19-10-12-21-15(2)17-4;1-3-11-5-7-13-9-10-14-8-6-12-4-2;3-1-2-4;/h15-16H,5-14H2,1-4H3;3-4H,1-2,5-10H2;3-4H,1-2H2;1H4. The van der Waals surface area contributed by atoms with E-state index in [-0.39, 0.29) is 33.2 Å². The van der Waals surface area contributed by atoms with Gasteiger partial charge in [0.05, 0.1) is 105 Å². The molecule has 0 saturated carbocycles. The van der Waals surface area contributed by atoms with E-state index in [4.69, 9.17) is 62.3 Å². The van der Waals surface area contributed by atoms with Crippen LogP contribution in [0.25, 0.3) is 0 Å². The van der Waals surface area contributed by atoms with Crippen LogP contribution in [0.4, 0.5) is 0 Å². The third-order valence-corrected chi connectivity index (χ3v) is 4.19. The Morgan fingerprint density at radius 2 is 0.833 bits per heavy atom. The molecule has 0 heterocycles. The van der Waals surface area contributed by atoms with Crippen molar-refractivity contribution in [3.63, 3.8) is 0 Å². The van der Waals surface area contributed by atoms with Gasteiger partial charge in [-0.15, -0.1) is 0 Å². The summed E-state index contributed by atoms with van der Waals surface area (Å²) in [6, 6.07) is 0. The van der Waals surface area contributed by atoms with Crippen molar-refractivity contribution < 1.29 is 62.3 Å². The first-order valence-corrected chi connectivity index (χ1v) is 14.0. The van der Waals surface area contributed by atoms with Crippen LogP contribution in [0.1, 0.15) is 34.6 Å². The molecule has 0 aliphatic carbocycles. The predicted octanol–water partition coefficient (Wildman–Crippen LogP) is 2.78. The maximum absolute atomic E-state index is 7.62. The van der Waals surface area contributed by atoms with Gasteiger partial charge in [0.2, 0.25) is 0 Å². The molecule has 0 fully saturated rings. The Morgan fingerprint density at radius 1 is 0.524 bits per heavy atom. The summed E-state index contributed by atoms with van der Waals surface area (Å²) in [5.74, 6) is 0. The largest absolute Gasteiger partial charge is 0.499 e. The van der Waals surface area contributed by atoms with E-state index in [9.17, 15) is 0 Å². The van der Waals surface area contributed by atoms with Crippen LogP contribution in [0.3, 0.4) is 0 Å². The van der Waals surface area contributed by atoms with Gasteiger partial charge in [0.15, 0.2) is 12.6 Å². The topological polar surface area (TPSA) is 142 Å². The Balaban J connectivity index is -0.000000323. The van der Waals surface area contributed by atoms with Crippen LogP contribution < -0.4 is 0 Å². The van der Waals surface area contributed by atoms with E-state index in [2.05, 4.69) is 20.1 Å². The fraction of sp³-hybridized carbons (Fsp3) is 0.862. The monoisotopic (exact) mass is 618 g/mol. The van der Waals surface area contributed by atoms with Crippen molar-refractivity contribution in [3.8, 4) is 0 Å². The van der Waals surface area contributed by atoms with Crippen molar-refractivity contribution in [3.05, 3.63) is 25.7 Å². The van der Waals surface area contributed by atoms with Crippen molar-refractivity contribution in [2.75, 3.05) is 119 Å². The SMILES string of the molecule is C.C=COCCOCCOCCOC=C.CCCOCCOC(C)OCCOCCOCCOC(C)OC.OCCO. The van der Waals surface area contributed by atoms with Crippen molar-refractivity contribution >= 4 is 0 Å². The molecular formula is C29H62O13. The van der Waals surface area contributed by atoms with Crippen molar-refractivity contribution in [1.29, 1.82) is 0 Å². The highest BCUT2D eigenvalue weighted by Crippen LogP contribution is 1.94. The van der Waals surface area contributed by atoms with E-state index in [0.717, 1.165) is 13.0 Å². The lowest BCUT2D eigenvalue weighted by Crippen LogP contribution is -2.19. The number of methoxy groups -OCH3 is 1. The second kappa shape index (κ2) is 46.6. The minimum Gasteiger partial charge on any atom is -0.499 e. The average Bonchev–Trinajstić information content (AvgIpc) is 2.99. The highest BCUT2D eigenvalue weighted by Gasteiger charge is 2.02. The smallest absolute Gasteiger partial charge is 0.155 e. The van der Waals surface area contributed by atoms with Crippen LogP contribution in [0.2, 0.25) is 0 Å². The summed E-state index contributed by atoms with van der Waals surface area (Å²) >= 11 is 0. The summed E-state index contributed by atoms with van der Waals surface area (Å²) in [6.07, 6.45) is 3.36. The summed E-state index contributed by atoms with van der Waals surface area (Å²) in [5, 5.41) is 15.2. The highest BCUT2D eigenvalue weighted by atomic mass is 16.7. The van der Waals surface area contributed by atoms with Crippen LogP contribution >= 0.6 is 0 Å². The molecule has 0 amide bonds. The molecule has 42 heavy (non-hydrogen) atoms. The lowest BCUT2D eigenvalue weighted by Gasteiger charge is -2.14. The van der Waals surface area contributed by atoms with Crippen molar-refractivity contribution in [2.24, 2.45) is 0 Å². The minimum absolute atomic E-state index is 0. The molecule has 13 nitrogen and oxygen atoms in total. The number of aliphatic hydroxyl groups excluding tert-OH is 2. The summed E-state index contributed by atoms with van der Waals surface area (Å²) in [6.45, 7) is 20.7.